The van der Waals surface area contributed by atoms with Gasteiger partial charge in [0, 0.05) is 45.2 Å². The summed E-state index contributed by atoms with van der Waals surface area (Å²) in [4.78, 5) is 24.1. The van der Waals surface area contributed by atoms with Crippen LogP contribution in [0.3, 0.4) is 0 Å². The first-order valence-electron chi connectivity index (χ1n) is 10.6. The summed E-state index contributed by atoms with van der Waals surface area (Å²) in [6.07, 6.45) is 3.61. The highest BCUT2D eigenvalue weighted by Gasteiger charge is 2.32. The van der Waals surface area contributed by atoms with Crippen LogP contribution in [0.4, 0.5) is 0 Å². The van der Waals surface area contributed by atoms with Gasteiger partial charge >= 0.3 is 0 Å². The number of amides is 1. The average molecular weight is 376 g/mol. The highest BCUT2D eigenvalue weighted by Crippen LogP contribution is 2.38. The van der Waals surface area contributed by atoms with Crippen molar-refractivity contribution >= 4 is 5.91 Å². The Kier molecular flexibility index (Phi) is 5.50. The molecule has 0 aromatic carbocycles. The van der Waals surface area contributed by atoms with Crippen LogP contribution in [-0.4, -0.2) is 76.6 Å². The van der Waals surface area contributed by atoms with Gasteiger partial charge in [0.2, 0.25) is 11.8 Å². The summed E-state index contributed by atoms with van der Waals surface area (Å²) >= 11 is 0. The second kappa shape index (κ2) is 7.87. The van der Waals surface area contributed by atoms with Gasteiger partial charge in [-0.15, -0.1) is 0 Å². The van der Waals surface area contributed by atoms with E-state index >= 15 is 0 Å². The maximum atomic E-state index is 12.7. The molecule has 0 bridgehead atoms. The topological polar surface area (TPSA) is 65.7 Å². The van der Waals surface area contributed by atoms with Crippen LogP contribution in [0.1, 0.15) is 63.7 Å². The SMILES string of the molecule is C[C@@H]1C[C@H](C)CN(C(=O)CN2CCN([C@H](C)c3nc(C4CC4)no3)CC2)C1. The number of likely N-dealkylation sites (tertiary alicyclic amines) is 1. The third-order valence-corrected chi connectivity index (χ3v) is 6.29. The van der Waals surface area contributed by atoms with Gasteiger partial charge in [-0.2, -0.15) is 4.98 Å². The van der Waals surface area contributed by atoms with Gasteiger partial charge in [0.15, 0.2) is 5.82 Å². The lowest BCUT2D eigenvalue weighted by atomic mass is 9.92. The van der Waals surface area contributed by atoms with Crippen molar-refractivity contribution in [2.75, 3.05) is 45.8 Å². The van der Waals surface area contributed by atoms with Gasteiger partial charge in [0.1, 0.15) is 0 Å². The first kappa shape index (κ1) is 18.9. The first-order valence-corrected chi connectivity index (χ1v) is 10.6. The van der Waals surface area contributed by atoms with E-state index in [4.69, 9.17) is 4.52 Å². The van der Waals surface area contributed by atoms with Crippen molar-refractivity contribution in [3.8, 4) is 0 Å². The number of hydrogen-bond acceptors (Lipinski definition) is 6. The van der Waals surface area contributed by atoms with Gasteiger partial charge in [-0.1, -0.05) is 19.0 Å². The lowest BCUT2D eigenvalue weighted by Crippen LogP contribution is -2.52. The molecule has 3 aliphatic rings. The van der Waals surface area contributed by atoms with E-state index in [1.807, 2.05) is 0 Å². The Morgan fingerprint density at radius 2 is 1.81 bits per heavy atom. The van der Waals surface area contributed by atoms with E-state index in [-0.39, 0.29) is 6.04 Å². The van der Waals surface area contributed by atoms with Gasteiger partial charge in [-0.25, -0.2) is 0 Å². The fourth-order valence-corrected chi connectivity index (χ4v) is 4.55. The Bertz CT molecular complexity index is 641. The minimum absolute atomic E-state index is 0.145. The largest absolute Gasteiger partial charge is 0.341 e. The Morgan fingerprint density at radius 1 is 1.15 bits per heavy atom. The zero-order valence-corrected chi connectivity index (χ0v) is 16.9. The molecule has 7 nitrogen and oxygen atoms in total. The van der Waals surface area contributed by atoms with Crippen LogP contribution in [0.15, 0.2) is 4.52 Å². The molecule has 27 heavy (non-hydrogen) atoms. The molecule has 1 aromatic heterocycles. The summed E-state index contributed by atoms with van der Waals surface area (Å²) in [5.41, 5.74) is 0. The molecule has 4 rings (SSSR count). The molecule has 1 aliphatic carbocycles. The number of carbonyl (C=O) groups excluding carboxylic acids is 1. The molecule has 3 fully saturated rings. The van der Waals surface area contributed by atoms with Gasteiger partial charge in [0.25, 0.3) is 0 Å². The average Bonchev–Trinajstić information content (AvgIpc) is 3.38. The number of hydrogen-bond donors (Lipinski definition) is 0. The summed E-state index contributed by atoms with van der Waals surface area (Å²) in [5, 5.41) is 4.14. The predicted molar refractivity (Wildman–Crippen MR) is 102 cm³/mol. The molecule has 1 saturated carbocycles. The number of nitrogens with zero attached hydrogens (tertiary/aromatic N) is 5. The van der Waals surface area contributed by atoms with E-state index in [2.05, 4.69) is 45.6 Å². The Morgan fingerprint density at radius 3 is 2.44 bits per heavy atom. The van der Waals surface area contributed by atoms with E-state index in [9.17, 15) is 4.79 Å². The lowest BCUT2D eigenvalue weighted by molar-refractivity contribution is -0.135. The molecule has 7 heteroatoms. The first-order chi connectivity index (χ1) is 13.0. The fourth-order valence-electron chi connectivity index (χ4n) is 4.55. The van der Waals surface area contributed by atoms with Crippen molar-refractivity contribution in [3.05, 3.63) is 11.7 Å². The minimum atomic E-state index is 0.145. The van der Waals surface area contributed by atoms with Crippen LogP contribution in [0, 0.1) is 11.8 Å². The molecule has 0 spiro atoms. The van der Waals surface area contributed by atoms with Crippen LogP contribution in [0.5, 0.6) is 0 Å². The molecule has 1 aromatic rings. The highest BCUT2D eigenvalue weighted by atomic mass is 16.5. The Hall–Kier alpha value is -1.47. The van der Waals surface area contributed by atoms with Gasteiger partial charge in [-0.05, 0) is 38.0 Å². The van der Waals surface area contributed by atoms with Gasteiger partial charge < -0.3 is 9.42 Å². The lowest BCUT2D eigenvalue weighted by Gasteiger charge is -2.39. The molecule has 3 atom stereocenters. The van der Waals surface area contributed by atoms with E-state index in [1.165, 1.54) is 19.3 Å². The Labute approximate surface area is 162 Å². The molecule has 0 radical (unpaired) electrons. The summed E-state index contributed by atoms with van der Waals surface area (Å²) < 4.78 is 5.49. The number of aromatic nitrogens is 2. The molecule has 2 aliphatic heterocycles. The second-order valence-corrected chi connectivity index (χ2v) is 9.00. The quantitative estimate of drug-likeness (QED) is 0.785. The van der Waals surface area contributed by atoms with Crippen molar-refractivity contribution in [3.63, 3.8) is 0 Å². The second-order valence-electron chi connectivity index (χ2n) is 9.00. The predicted octanol–water partition coefficient (Wildman–Crippen LogP) is 2.13. The number of rotatable bonds is 5. The molecule has 0 N–H and O–H groups in total. The minimum Gasteiger partial charge on any atom is -0.341 e. The molecule has 2 saturated heterocycles. The van der Waals surface area contributed by atoms with E-state index in [0.717, 1.165) is 51.0 Å². The van der Waals surface area contributed by atoms with Crippen molar-refractivity contribution in [1.29, 1.82) is 0 Å². The summed E-state index contributed by atoms with van der Waals surface area (Å²) in [6.45, 7) is 12.7. The third-order valence-electron chi connectivity index (χ3n) is 6.29. The molecule has 0 unspecified atom stereocenters. The number of piperidine rings is 1. The van der Waals surface area contributed by atoms with Crippen molar-refractivity contribution < 1.29 is 9.32 Å². The smallest absolute Gasteiger partial charge is 0.243 e. The molecular weight excluding hydrogens is 342 g/mol. The van der Waals surface area contributed by atoms with Crippen LogP contribution >= 0.6 is 0 Å². The van der Waals surface area contributed by atoms with Crippen molar-refractivity contribution in [2.24, 2.45) is 11.8 Å². The zero-order valence-electron chi connectivity index (χ0n) is 16.9. The summed E-state index contributed by atoms with van der Waals surface area (Å²) in [6, 6.07) is 0.145. The third kappa shape index (κ3) is 4.51. The number of carbonyl (C=O) groups is 1. The summed E-state index contributed by atoms with van der Waals surface area (Å²) in [5.74, 6) is 3.66. The van der Waals surface area contributed by atoms with E-state index in [0.29, 0.717) is 30.2 Å². The van der Waals surface area contributed by atoms with Crippen LogP contribution in [0.25, 0.3) is 0 Å². The maximum Gasteiger partial charge on any atom is 0.243 e. The van der Waals surface area contributed by atoms with Crippen LogP contribution < -0.4 is 0 Å². The van der Waals surface area contributed by atoms with E-state index in [1.54, 1.807) is 0 Å². The molecular formula is C20H33N5O2. The zero-order chi connectivity index (χ0) is 19.0. The monoisotopic (exact) mass is 375 g/mol. The Balaban J connectivity index is 1.25. The summed E-state index contributed by atoms with van der Waals surface area (Å²) in [7, 11) is 0. The van der Waals surface area contributed by atoms with Gasteiger partial charge in [-0.3, -0.25) is 14.6 Å². The maximum absolute atomic E-state index is 12.7. The van der Waals surface area contributed by atoms with Crippen molar-refractivity contribution in [2.45, 2.75) is 52.0 Å². The molecule has 150 valence electrons. The van der Waals surface area contributed by atoms with Crippen LogP contribution in [0.2, 0.25) is 0 Å². The molecule has 1 amide bonds. The fraction of sp³-hybridized carbons (Fsp3) is 0.850. The van der Waals surface area contributed by atoms with Gasteiger partial charge in [0.05, 0.1) is 12.6 Å². The standard InChI is InChI=1S/C20H33N5O2/c1-14-10-15(2)12-25(11-14)18(26)13-23-6-8-24(9-7-23)16(3)20-21-19(22-27-20)17-4-5-17/h14-17H,4-13H2,1-3H3/t14-,15+,16-/m1/s1. The normalized spacial score (nSPS) is 29.1. The van der Waals surface area contributed by atoms with Crippen molar-refractivity contribution in [1.82, 2.24) is 24.8 Å². The van der Waals surface area contributed by atoms with Crippen LogP contribution in [-0.2, 0) is 4.79 Å². The number of piperazine rings is 1. The molecule has 3 heterocycles. The van der Waals surface area contributed by atoms with E-state index < -0.39 is 0 Å². The highest BCUT2D eigenvalue weighted by molar-refractivity contribution is 5.78.